The van der Waals surface area contributed by atoms with E-state index in [-0.39, 0.29) is 5.91 Å². The number of unbranched alkanes of at least 4 members (excludes halogenated alkanes) is 6. The molecule has 2 aromatic heterocycles. The number of carbonyl (C=O) groups is 1. The van der Waals surface area contributed by atoms with Crippen molar-refractivity contribution in [1.82, 2.24) is 19.9 Å². The van der Waals surface area contributed by atoms with E-state index in [9.17, 15) is 4.79 Å². The normalized spacial score (nSPS) is 11.4. The van der Waals surface area contributed by atoms with Crippen LogP contribution < -0.4 is 11.1 Å². The summed E-state index contributed by atoms with van der Waals surface area (Å²) in [6.07, 6.45) is 10.3. The number of hydrogen-bond acceptors (Lipinski definition) is 4. The van der Waals surface area contributed by atoms with Crippen molar-refractivity contribution in [2.24, 2.45) is 0 Å². The minimum atomic E-state index is -0.00309. The molecule has 3 N–H and O–H groups in total. The molecule has 4 aromatic rings. The van der Waals surface area contributed by atoms with Crippen molar-refractivity contribution in [3.8, 4) is 0 Å². The molecule has 0 spiro atoms. The number of rotatable bonds is 13. The zero-order valence-electron chi connectivity index (χ0n) is 21.7. The molecule has 0 unspecified atom stereocenters. The van der Waals surface area contributed by atoms with Crippen molar-refractivity contribution in [2.75, 3.05) is 12.3 Å². The Bertz CT molecular complexity index is 1290. The summed E-state index contributed by atoms with van der Waals surface area (Å²) in [7, 11) is 0. The van der Waals surface area contributed by atoms with Gasteiger partial charge in [0, 0.05) is 30.5 Å². The molecule has 2 aromatic carbocycles. The topological polar surface area (TPSA) is 85.8 Å². The molecule has 1 amide bonds. The summed E-state index contributed by atoms with van der Waals surface area (Å²) in [5.41, 5.74) is 10.8. The number of amides is 1. The van der Waals surface area contributed by atoms with Gasteiger partial charge in [-0.3, -0.25) is 4.79 Å². The summed E-state index contributed by atoms with van der Waals surface area (Å²) in [5.74, 6) is 1.49. The first-order chi connectivity index (χ1) is 17.6. The van der Waals surface area contributed by atoms with Crippen molar-refractivity contribution in [2.45, 2.75) is 78.2 Å². The minimum absolute atomic E-state index is 0.00309. The number of nitrogens with zero attached hydrogens (tertiary/aromatic N) is 3. The maximum Gasteiger partial charge on any atom is 0.251 e. The fourth-order valence-corrected chi connectivity index (χ4v) is 4.75. The molecule has 0 atom stereocenters. The lowest BCUT2D eigenvalue weighted by molar-refractivity contribution is 0.0953. The van der Waals surface area contributed by atoms with Crippen LogP contribution in [0.1, 0.15) is 87.0 Å². The highest BCUT2D eigenvalue weighted by Crippen LogP contribution is 2.30. The SMILES string of the molecule is CCCCCCCCNC(=O)c1ccc(Cn2c(CCCC)nc3c(N)nc4ccccc4c32)cc1. The quantitative estimate of drug-likeness (QED) is 0.208. The van der Waals surface area contributed by atoms with Gasteiger partial charge in [0.2, 0.25) is 0 Å². The number of benzene rings is 2. The Hall–Kier alpha value is -3.41. The highest BCUT2D eigenvalue weighted by molar-refractivity contribution is 6.06. The predicted molar refractivity (Wildman–Crippen MR) is 149 cm³/mol. The van der Waals surface area contributed by atoms with E-state index in [4.69, 9.17) is 10.7 Å². The average Bonchev–Trinajstić information content (AvgIpc) is 3.26. The Labute approximate surface area is 214 Å². The lowest BCUT2D eigenvalue weighted by atomic mass is 10.1. The molecule has 0 saturated carbocycles. The predicted octanol–water partition coefficient (Wildman–Crippen LogP) is 6.65. The van der Waals surface area contributed by atoms with E-state index >= 15 is 0 Å². The number of fused-ring (bicyclic) bond motifs is 3. The molecule has 2 heterocycles. The van der Waals surface area contributed by atoms with Crippen LogP contribution in [0.5, 0.6) is 0 Å². The van der Waals surface area contributed by atoms with Gasteiger partial charge in [-0.1, -0.05) is 82.7 Å². The second-order valence-electron chi connectivity index (χ2n) is 9.65. The van der Waals surface area contributed by atoms with Crippen molar-refractivity contribution >= 4 is 33.7 Å². The van der Waals surface area contributed by atoms with Gasteiger partial charge >= 0.3 is 0 Å². The third kappa shape index (κ3) is 6.04. The molecule has 0 aliphatic rings. The average molecular weight is 486 g/mol. The zero-order chi connectivity index (χ0) is 25.3. The van der Waals surface area contributed by atoms with Gasteiger partial charge < -0.3 is 15.6 Å². The van der Waals surface area contributed by atoms with Gasteiger partial charge in [-0.05, 0) is 36.6 Å². The standard InChI is InChI=1S/C30H39N5O/c1-3-5-7-8-9-12-20-32-30(36)23-18-16-22(17-19-23)21-35-26(15-6-4-2)34-27-28(35)24-13-10-11-14-25(24)33-29(27)31/h10-11,13-14,16-19H,3-9,12,15,20-21H2,1-2H3,(H2,31,33)(H,32,36). The van der Waals surface area contributed by atoms with Crippen LogP contribution in [0, 0.1) is 0 Å². The molecule has 6 heteroatoms. The number of aromatic nitrogens is 3. The van der Waals surface area contributed by atoms with Gasteiger partial charge in [0.15, 0.2) is 5.82 Å². The van der Waals surface area contributed by atoms with E-state index in [1.165, 1.54) is 32.1 Å². The number of pyridine rings is 1. The summed E-state index contributed by atoms with van der Waals surface area (Å²) in [5, 5.41) is 4.12. The van der Waals surface area contributed by atoms with E-state index in [0.29, 0.717) is 17.9 Å². The van der Waals surface area contributed by atoms with Gasteiger partial charge in [0.1, 0.15) is 11.3 Å². The molecule has 0 aliphatic heterocycles. The van der Waals surface area contributed by atoms with Crippen molar-refractivity contribution < 1.29 is 4.79 Å². The minimum Gasteiger partial charge on any atom is -0.382 e. The van der Waals surface area contributed by atoms with Gasteiger partial charge in [-0.15, -0.1) is 0 Å². The van der Waals surface area contributed by atoms with E-state index in [0.717, 1.165) is 65.6 Å². The molecular formula is C30H39N5O. The summed E-state index contributed by atoms with van der Waals surface area (Å²) in [4.78, 5) is 22.1. The fourth-order valence-electron chi connectivity index (χ4n) is 4.75. The molecule has 36 heavy (non-hydrogen) atoms. The van der Waals surface area contributed by atoms with Crippen molar-refractivity contribution in [3.63, 3.8) is 0 Å². The molecule has 190 valence electrons. The summed E-state index contributed by atoms with van der Waals surface area (Å²) in [6, 6.07) is 16.0. The summed E-state index contributed by atoms with van der Waals surface area (Å²) >= 11 is 0. The number of imidazole rings is 1. The monoisotopic (exact) mass is 485 g/mol. The number of nitrogen functional groups attached to an aromatic ring is 1. The third-order valence-corrected chi connectivity index (χ3v) is 6.82. The fraction of sp³-hybridized carbons (Fsp3) is 0.433. The van der Waals surface area contributed by atoms with Gasteiger partial charge in [-0.25, -0.2) is 9.97 Å². The van der Waals surface area contributed by atoms with Crippen LogP contribution in [-0.4, -0.2) is 27.0 Å². The lowest BCUT2D eigenvalue weighted by Crippen LogP contribution is -2.24. The third-order valence-electron chi connectivity index (χ3n) is 6.82. The van der Waals surface area contributed by atoms with Crippen molar-refractivity contribution in [1.29, 1.82) is 0 Å². The lowest BCUT2D eigenvalue weighted by Gasteiger charge is -2.12. The largest absolute Gasteiger partial charge is 0.382 e. The molecule has 0 bridgehead atoms. The number of aryl methyl sites for hydroxylation is 1. The maximum absolute atomic E-state index is 12.6. The van der Waals surface area contributed by atoms with E-state index < -0.39 is 0 Å². The summed E-state index contributed by atoms with van der Waals surface area (Å²) < 4.78 is 2.28. The highest BCUT2D eigenvalue weighted by atomic mass is 16.1. The zero-order valence-corrected chi connectivity index (χ0v) is 21.7. The molecule has 0 radical (unpaired) electrons. The second kappa shape index (κ2) is 12.5. The van der Waals surface area contributed by atoms with Crippen LogP contribution in [0.2, 0.25) is 0 Å². The van der Waals surface area contributed by atoms with Crippen LogP contribution >= 0.6 is 0 Å². The highest BCUT2D eigenvalue weighted by Gasteiger charge is 2.17. The number of hydrogen-bond donors (Lipinski definition) is 2. The maximum atomic E-state index is 12.6. The van der Waals surface area contributed by atoms with Gasteiger partial charge in [0.05, 0.1) is 11.0 Å². The first kappa shape index (κ1) is 25.7. The van der Waals surface area contributed by atoms with Crippen molar-refractivity contribution in [3.05, 3.63) is 65.5 Å². The van der Waals surface area contributed by atoms with Crippen LogP contribution in [0.25, 0.3) is 21.9 Å². The van der Waals surface area contributed by atoms with Gasteiger partial charge in [0.25, 0.3) is 5.91 Å². The van der Waals surface area contributed by atoms with Crippen LogP contribution in [0.15, 0.2) is 48.5 Å². The van der Waals surface area contributed by atoms with E-state index in [1.807, 2.05) is 42.5 Å². The Morgan fingerprint density at radius 3 is 2.39 bits per heavy atom. The Kier molecular flexibility index (Phi) is 8.93. The molecule has 4 rings (SSSR count). The molecule has 0 saturated heterocycles. The number of anilines is 1. The Morgan fingerprint density at radius 1 is 0.889 bits per heavy atom. The number of carbonyl (C=O) groups excluding carboxylic acids is 1. The Balaban J connectivity index is 1.50. The molecule has 0 aliphatic carbocycles. The first-order valence-corrected chi connectivity index (χ1v) is 13.5. The van der Waals surface area contributed by atoms with Crippen LogP contribution in [0.3, 0.4) is 0 Å². The van der Waals surface area contributed by atoms with Crippen LogP contribution in [0.4, 0.5) is 5.82 Å². The molecular weight excluding hydrogens is 446 g/mol. The smallest absolute Gasteiger partial charge is 0.251 e. The number of nitrogens with two attached hydrogens (primary N) is 1. The summed E-state index contributed by atoms with van der Waals surface area (Å²) in [6.45, 7) is 5.82. The Morgan fingerprint density at radius 2 is 1.61 bits per heavy atom. The van der Waals surface area contributed by atoms with E-state index in [1.54, 1.807) is 0 Å². The van der Waals surface area contributed by atoms with Crippen LogP contribution in [-0.2, 0) is 13.0 Å². The molecule has 6 nitrogen and oxygen atoms in total. The number of nitrogens with one attached hydrogen (secondary N) is 1. The van der Waals surface area contributed by atoms with E-state index in [2.05, 4.69) is 34.8 Å². The first-order valence-electron chi connectivity index (χ1n) is 13.5. The number of para-hydroxylation sites is 1. The second-order valence-corrected chi connectivity index (χ2v) is 9.65. The molecule has 0 fully saturated rings. The van der Waals surface area contributed by atoms with Gasteiger partial charge in [-0.2, -0.15) is 0 Å².